The molecule has 4 rings (SSSR count). The summed E-state index contributed by atoms with van der Waals surface area (Å²) in [5.74, 6) is 1.000. The van der Waals surface area contributed by atoms with Crippen LogP contribution in [0.2, 0.25) is 5.02 Å². The van der Waals surface area contributed by atoms with Crippen LogP contribution in [-0.4, -0.2) is 49.0 Å². The third-order valence-corrected chi connectivity index (χ3v) is 6.64. The molecule has 0 bridgehead atoms. The normalized spacial score (nSPS) is 14.9. The number of amides is 1. The Morgan fingerprint density at radius 2 is 1.88 bits per heavy atom. The van der Waals surface area contributed by atoms with Crippen molar-refractivity contribution in [2.24, 2.45) is 0 Å². The van der Waals surface area contributed by atoms with Crippen molar-refractivity contribution in [2.75, 3.05) is 33.3 Å². The van der Waals surface area contributed by atoms with Gasteiger partial charge in [0.1, 0.15) is 11.3 Å². The summed E-state index contributed by atoms with van der Waals surface area (Å²) < 4.78 is 10.6. The molecule has 6 nitrogen and oxygen atoms in total. The smallest absolute Gasteiger partial charge is 0.336 e. The number of aryl methyl sites for hydroxylation is 2. The fourth-order valence-corrected chi connectivity index (χ4v) is 4.46. The monoisotopic (exact) mass is 468 g/mol. The van der Waals surface area contributed by atoms with Gasteiger partial charge in [-0.2, -0.15) is 0 Å². The second kappa shape index (κ2) is 10.4. The minimum atomic E-state index is -0.357. The van der Waals surface area contributed by atoms with Gasteiger partial charge in [0.25, 0.3) is 0 Å². The number of nitrogens with zero attached hydrogens (tertiary/aromatic N) is 2. The van der Waals surface area contributed by atoms with Gasteiger partial charge in [0, 0.05) is 55.6 Å². The maximum atomic E-state index is 12.8. The second-order valence-corrected chi connectivity index (χ2v) is 8.95. The Morgan fingerprint density at radius 1 is 1.09 bits per heavy atom. The number of halogens is 1. The van der Waals surface area contributed by atoms with E-state index >= 15 is 0 Å². The number of rotatable bonds is 6. The largest absolute Gasteiger partial charge is 0.497 e. The van der Waals surface area contributed by atoms with Gasteiger partial charge in [-0.05, 0) is 60.7 Å². The van der Waals surface area contributed by atoms with E-state index < -0.39 is 0 Å². The molecule has 0 aliphatic carbocycles. The first-order valence-electron chi connectivity index (χ1n) is 11.3. The van der Waals surface area contributed by atoms with Gasteiger partial charge in [-0.25, -0.2) is 4.79 Å². The van der Waals surface area contributed by atoms with Gasteiger partial charge >= 0.3 is 5.63 Å². The average Bonchev–Trinajstić information content (AvgIpc) is 3.05. The lowest BCUT2D eigenvalue weighted by Crippen LogP contribution is -2.35. The topological polar surface area (TPSA) is 63.0 Å². The molecule has 0 saturated carbocycles. The minimum absolute atomic E-state index is 0.181. The molecule has 0 unspecified atom stereocenters. The van der Waals surface area contributed by atoms with Crippen LogP contribution in [0, 0.1) is 6.92 Å². The first kappa shape index (κ1) is 23.3. The van der Waals surface area contributed by atoms with E-state index in [0.717, 1.165) is 60.3 Å². The van der Waals surface area contributed by atoms with Gasteiger partial charge in [0.15, 0.2) is 0 Å². The molecule has 7 heteroatoms. The highest BCUT2D eigenvalue weighted by Crippen LogP contribution is 2.26. The van der Waals surface area contributed by atoms with Crippen LogP contribution >= 0.6 is 11.6 Å². The van der Waals surface area contributed by atoms with E-state index in [4.69, 9.17) is 20.8 Å². The Labute approximate surface area is 198 Å². The molecule has 0 radical (unpaired) electrons. The molecule has 1 amide bonds. The van der Waals surface area contributed by atoms with Gasteiger partial charge in [0.2, 0.25) is 5.91 Å². The zero-order chi connectivity index (χ0) is 23.4. The summed E-state index contributed by atoms with van der Waals surface area (Å²) in [4.78, 5) is 29.2. The van der Waals surface area contributed by atoms with Crippen molar-refractivity contribution in [3.8, 4) is 5.75 Å². The highest BCUT2D eigenvalue weighted by Gasteiger charge is 2.20. The van der Waals surface area contributed by atoms with Crippen molar-refractivity contribution in [3.63, 3.8) is 0 Å². The predicted molar refractivity (Wildman–Crippen MR) is 130 cm³/mol. The number of hydrogen-bond donors (Lipinski definition) is 0. The highest BCUT2D eigenvalue weighted by molar-refractivity contribution is 6.32. The van der Waals surface area contributed by atoms with Gasteiger partial charge in [-0.1, -0.05) is 23.7 Å². The number of benzene rings is 2. The van der Waals surface area contributed by atoms with Crippen LogP contribution in [0.5, 0.6) is 5.75 Å². The van der Waals surface area contributed by atoms with Crippen LogP contribution in [0.1, 0.15) is 29.5 Å². The number of carbonyl (C=O) groups is 1. The van der Waals surface area contributed by atoms with E-state index in [1.54, 1.807) is 13.2 Å². The third-order valence-electron chi connectivity index (χ3n) is 6.23. The number of hydrogen-bond acceptors (Lipinski definition) is 5. The molecule has 33 heavy (non-hydrogen) atoms. The van der Waals surface area contributed by atoms with Crippen LogP contribution < -0.4 is 10.4 Å². The molecule has 1 saturated heterocycles. The minimum Gasteiger partial charge on any atom is -0.497 e. The molecular weight excluding hydrogens is 440 g/mol. The maximum absolute atomic E-state index is 12.8. The predicted octanol–water partition coefficient (Wildman–Crippen LogP) is 4.43. The average molecular weight is 469 g/mol. The number of ether oxygens (including phenoxy) is 1. The van der Waals surface area contributed by atoms with Crippen molar-refractivity contribution < 1.29 is 13.9 Å². The zero-order valence-corrected chi connectivity index (χ0v) is 19.9. The highest BCUT2D eigenvalue weighted by atomic mass is 35.5. The fraction of sp³-hybridized carbons (Fsp3) is 0.385. The first-order valence-corrected chi connectivity index (χ1v) is 11.7. The Morgan fingerprint density at radius 3 is 2.64 bits per heavy atom. The number of fused-ring (bicyclic) bond motifs is 1. The molecule has 0 atom stereocenters. The van der Waals surface area contributed by atoms with Gasteiger partial charge < -0.3 is 14.1 Å². The summed E-state index contributed by atoms with van der Waals surface area (Å²) in [6.07, 6.45) is 2.11. The number of carbonyl (C=O) groups excluding carboxylic acids is 1. The third kappa shape index (κ3) is 5.75. The van der Waals surface area contributed by atoms with E-state index in [2.05, 4.69) is 4.90 Å². The van der Waals surface area contributed by atoms with Crippen molar-refractivity contribution in [1.29, 1.82) is 0 Å². The summed E-state index contributed by atoms with van der Waals surface area (Å²) in [5.41, 5.74) is 3.11. The summed E-state index contributed by atoms with van der Waals surface area (Å²) in [7, 11) is 1.65. The molecule has 174 valence electrons. The van der Waals surface area contributed by atoms with Crippen LogP contribution in [0.4, 0.5) is 0 Å². The second-order valence-electron chi connectivity index (χ2n) is 8.55. The lowest BCUT2D eigenvalue weighted by atomic mass is 10.1. The Hall–Kier alpha value is -2.83. The van der Waals surface area contributed by atoms with E-state index in [0.29, 0.717) is 30.1 Å². The molecule has 1 aromatic heterocycles. The molecule has 0 spiro atoms. The van der Waals surface area contributed by atoms with E-state index in [-0.39, 0.29) is 11.5 Å². The van der Waals surface area contributed by atoms with E-state index in [1.807, 2.05) is 48.2 Å². The maximum Gasteiger partial charge on any atom is 0.336 e. The number of methoxy groups -OCH3 is 1. The van der Waals surface area contributed by atoms with Gasteiger partial charge in [0.05, 0.1) is 7.11 Å². The van der Waals surface area contributed by atoms with Crippen molar-refractivity contribution in [3.05, 3.63) is 74.6 Å². The Bertz CT molecular complexity index is 1190. The van der Waals surface area contributed by atoms with Crippen LogP contribution in [0.3, 0.4) is 0 Å². The van der Waals surface area contributed by atoms with Crippen molar-refractivity contribution in [2.45, 2.75) is 32.7 Å². The van der Waals surface area contributed by atoms with Gasteiger partial charge in [-0.15, -0.1) is 0 Å². The van der Waals surface area contributed by atoms with Crippen LogP contribution in [0.25, 0.3) is 11.0 Å². The zero-order valence-electron chi connectivity index (χ0n) is 19.1. The lowest BCUT2D eigenvalue weighted by molar-refractivity contribution is -0.131. The van der Waals surface area contributed by atoms with E-state index in [1.165, 1.54) is 0 Å². The van der Waals surface area contributed by atoms with Crippen LogP contribution in [-0.2, 0) is 17.8 Å². The van der Waals surface area contributed by atoms with Crippen LogP contribution in [0.15, 0.2) is 51.7 Å². The summed E-state index contributed by atoms with van der Waals surface area (Å²) in [6, 6.07) is 13.1. The first-order chi connectivity index (χ1) is 15.9. The Balaban J connectivity index is 1.37. The molecule has 3 aromatic rings. The standard InChI is InChI=1S/C26H29ClN2O4/c1-18-14-24-22(16-23(18)27)20(15-26(31)33-24)17-28-10-3-11-29(13-12-28)25(30)9-6-19-4-7-21(32-2)8-5-19/h4-5,7-8,14-16H,3,6,9-13,17H2,1-2H3. The van der Waals surface area contributed by atoms with E-state index in [9.17, 15) is 9.59 Å². The molecule has 1 aliphatic rings. The summed E-state index contributed by atoms with van der Waals surface area (Å²) in [6.45, 7) is 5.57. The molecule has 0 N–H and O–H groups in total. The summed E-state index contributed by atoms with van der Waals surface area (Å²) >= 11 is 6.33. The molecule has 2 aromatic carbocycles. The quantitative estimate of drug-likeness (QED) is 0.501. The molecule has 1 aliphatic heterocycles. The fourth-order valence-electron chi connectivity index (χ4n) is 4.30. The summed E-state index contributed by atoms with van der Waals surface area (Å²) in [5, 5.41) is 1.52. The Kier molecular flexibility index (Phi) is 7.36. The van der Waals surface area contributed by atoms with Gasteiger partial charge in [-0.3, -0.25) is 9.69 Å². The molecule has 1 fully saturated rings. The lowest BCUT2D eigenvalue weighted by Gasteiger charge is -2.22. The van der Waals surface area contributed by atoms with Crippen molar-refractivity contribution >= 4 is 28.5 Å². The SMILES string of the molecule is COc1ccc(CCC(=O)N2CCCN(Cc3cc(=O)oc4cc(C)c(Cl)cc34)CC2)cc1. The molecule has 2 heterocycles. The molecular formula is C26H29ClN2O4. The van der Waals surface area contributed by atoms with Crippen molar-refractivity contribution in [1.82, 2.24) is 9.80 Å².